The summed E-state index contributed by atoms with van der Waals surface area (Å²) in [6, 6.07) is 9.99. The number of anilines is 2. The van der Waals surface area contributed by atoms with Crippen LogP contribution in [0.2, 0.25) is 0 Å². The summed E-state index contributed by atoms with van der Waals surface area (Å²) in [6.07, 6.45) is 1.00. The fourth-order valence-electron chi connectivity index (χ4n) is 1.86. The van der Waals surface area contributed by atoms with Gasteiger partial charge in [0.05, 0.1) is 23.8 Å². The number of rotatable bonds is 6. The molecule has 0 bridgehead atoms. The van der Waals surface area contributed by atoms with Crippen molar-refractivity contribution >= 4 is 47.2 Å². The highest BCUT2D eigenvalue weighted by molar-refractivity contribution is 8.13. The third kappa shape index (κ3) is 6.17. The topological polar surface area (TPSA) is 132 Å². The molecule has 0 spiro atoms. The van der Waals surface area contributed by atoms with Crippen molar-refractivity contribution in [3.05, 3.63) is 48.2 Å². The number of aromatic nitrogens is 1. The molecule has 0 aliphatic carbocycles. The molecule has 9 nitrogen and oxygen atoms in total. The number of pyridine rings is 1. The number of nitrogens with one attached hydrogen (secondary N) is 2. The van der Waals surface area contributed by atoms with Crippen LogP contribution in [0.3, 0.4) is 0 Å². The van der Waals surface area contributed by atoms with Crippen LogP contribution in [0.15, 0.2) is 47.6 Å². The van der Waals surface area contributed by atoms with Gasteiger partial charge in [-0.15, -0.1) is 0 Å². The van der Waals surface area contributed by atoms with Gasteiger partial charge in [0.2, 0.25) is 10.0 Å². The molecule has 1 heterocycles. The van der Waals surface area contributed by atoms with E-state index in [-0.39, 0.29) is 12.3 Å². The van der Waals surface area contributed by atoms with Crippen LogP contribution >= 0.6 is 10.7 Å². The van der Waals surface area contributed by atoms with Gasteiger partial charge in [0.15, 0.2) is 5.03 Å². The summed E-state index contributed by atoms with van der Waals surface area (Å²) in [7, 11) is -2.88. The van der Waals surface area contributed by atoms with E-state index in [0.29, 0.717) is 0 Å². The van der Waals surface area contributed by atoms with E-state index in [1.54, 1.807) is 24.3 Å². The first-order valence-electron chi connectivity index (χ1n) is 6.95. The van der Waals surface area contributed by atoms with Gasteiger partial charge >= 0.3 is 6.09 Å². The first-order valence-corrected chi connectivity index (χ1v) is 11.1. The normalized spacial score (nSPS) is 11.6. The highest BCUT2D eigenvalue weighted by Gasteiger charge is 2.21. The lowest BCUT2D eigenvalue weighted by Crippen LogP contribution is -2.16. The van der Waals surface area contributed by atoms with Crippen molar-refractivity contribution in [2.75, 3.05) is 16.3 Å². The second kappa shape index (κ2) is 7.89. The molecular formula is C14H14ClN3O6S2. The highest BCUT2D eigenvalue weighted by atomic mass is 35.7. The van der Waals surface area contributed by atoms with E-state index in [4.69, 9.17) is 15.4 Å². The number of benzene rings is 1. The number of amides is 1. The van der Waals surface area contributed by atoms with Gasteiger partial charge in [0, 0.05) is 10.7 Å². The van der Waals surface area contributed by atoms with Crippen LogP contribution in [-0.4, -0.2) is 34.2 Å². The summed E-state index contributed by atoms with van der Waals surface area (Å²) in [5.41, 5.74) is 0.380. The van der Waals surface area contributed by atoms with Crippen molar-refractivity contribution in [2.45, 2.75) is 11.6 Å². The minimum Gasteiger partial charge on any atom is -0.444 e. The smallest absolute Gasteiger partial charge is 0.412 e. The Kier molecular flexibility index (Phi) is 6.05. The Morgan fingerprint density at radius 2 is 1.85 bits per heavy atom. The number of hydrogen-bond acceptors (Lipinski definition) is 7. The standard InChI is InChI=1S/C14H14ClN3O6S2/c1-25(20,21)18-12-7-11(8-16-13(12)26(15,22)23)17-14(19)24-9-10-5-3-2-4-6-10/h2-8,18H,9H2,1H3,(H,17,19). The third-order valence-electron chi connectivity index (χ3n) is 2.84. The van der Waals surface area contributed by atoms with E-state index in [1.807, 2.05) is 10.8 Å². The minimum atomic E-state index is -4.31. The molecule has 0 unspecified atom stereocenters. The first kappa shape index (κ1) is 19.9. The summed E-state index contributed by atoms with van der Waals surface area (Å²) < 4.78 is 52.7. The Labute approximate surface area is 154 Å². The largest absolute Gasteiger partial charge is 0.444 e. The molecule has 0 aliphatic rings. The number of nitrogens with zero attached hydrogens (tertiary/aromatic N) is 1. The van der Waals surface area contributed by atoms with Crippen molar-refractivity contribution in [1.82, 2.24) is 4.98 Å². The predicted molar refractivity (Wildman–Crippen MR) is 96.0 cm³/mol. The predicted octanol–water partition coefficient (Wildman–Crippen LogP) is 2.13. The number of carbonyl (C=O) groups is 1. The molecule has 0 aliphatic heterocycles. The molecule has 0 saturated carbocycles. The molecular weight excluding hydrogens is 406 g/mol. The number of sulfonamides is 1. The maximum Gasteiger partial charge on any atom is 0.412 e. The molecule has 12 heteroatoms. The first-order chi connectivity index (χ1) is 12.0. The summed E-state index contributed by atoms with van der Waals surface area (Å²) >= 11 is 0. The van der Waals surface area contributed by atoms with Gasteiger partial charge in [-0.2, -0.15) is 0 Å². The second-order valence-electron chi connectivity index (χ2n) is 5.08. The molecule has 0 fully saturated rings. The molecule has 0 atom stereocenters. The van der Waals surface area contributed by atoms with Crippen LogP contribution in [0.5, 0.6) is 0 Å². The fraction of sp³-hybridized carbons (Fsp3) is 0.143. The molecule has 0 radical (unpaired) electrons. The van der Waals surface area contributed by atoms with Gasteiger partial charge in [-0.25, -0.2) is 26.6 Å². The molecule has 1 amide bonds. The molecule has 2 rings (SSSR count). The number of carbonyl (C=O) groups excluding carboxylic acids is 1. The van der Waals surface area contributed by atoms with E-state index in [0.717, 1.165) is 24.1 Å². The average molecular weight is 420 g/mol. The monoisotopic (exact) mass is 419 g/mol. The molecule has 1 aromatic carbocycles. The lowest BCUT2D eigenvalue weighted by atomic mass is 10.2. The number of hydrogen-bond donors (Lipinski definition) is 2. The van der Waals surface area contributed by atoms with Gasteiger partial charge in [-0.05, 0) is 11.6 Å². The van der Waals surface area contributed by atoms with Crippen molar-refractivity contribution in [3.8, 4) is 0 Å². The van der Waals surface area contributed by atoms with Crippen LogP contribution in [0.4, 0.5) is 16.2 Å². The Morgan fingerprint density at radius 3 is 2.42 bits per heavy atom. The molecule has 26 heavy (non-hydrogen) atoms. The Balaban J connectivity index is 2.16. The third-order valence-corrected chi connectivity index (χ3v) is 4.65. The zero-order valence-electron chi connectivity index (χ0n) is 13.3. The number of ether oxygens (including phenoxy) is 1. The molecule has 1 aromatic heterocycles. The van der Waals surface area contributed by atoms with Crippen LogP contribution in [0, 0.1) is 0 Å². The molecule has 0 saturated heterocycles. The van der Waals surface area contributed by atoms with Gasteiger partial charge in [-0.1, -0.05) is 30.3 Å². The Hall–Kier alpha value is -2.37. The summed E-state index contributed by atoms with van der Waals surface area (Å²) in [5, 5.41) is 1.63. The van der Waals surface area contributed by atoms with E-state index in [1.165, 1.54) is 0 Å². The molecule has 2 N–H and O–H groups in total. The van der Waals surface area contributed by atoms with Crippen molar-refractivity contribution in [3.63, 3.8) is 0 Å². The van der Waals surface area contributed by atoms with Crippen LogP contribution in [-0.2, 0) is 30.4 Å². The average Bonchev–Trinajstić information content (AvgIpc) is 2.51. The van der Waals surface area contributed by atoms with E-state index in [9.17, 15) is 21.6 Å². The van der Waals surface area contributed by atoms with Gasteiger partial charge in [0.25, 0.3) is 9.05 Å². The SMILES string of the molecule is CS(=O)(=O)Nc1cc(NC(=O)OCc2ccccc2)cnc1S(=O)(=O)Cl. The lowest BCUT2D eigenvalue weighted by Gasteiger charge is -2.11. The maximum atomic E-state index is 11.8. The molecule has 140 valence electrons. The van der Waals surface area contributed by atoms with Crippen LogP contribution < -0.4 is 10.0 Å². The zero-order chi connectivity index (χ0) is 19.4. The quantitative estimate of drug-likeness (QED) is 0.685. The van der Waals surface area contributed by atoms with Gasteiger partial charge in [0.1, 0.15) is 6.61 Å². The van der Waals surface area contributed by atoms with Crippen LogP contribution in [0.1, 0.15) is 5.56 Å². The summed E-state index contributed by atoms with van der Waals surface area (Å²) in [6.45, 7) is 0.0166. The summed E-state index contributed by atoms with van der Waals surface area (Å²) in [4.78, 5) is 15.4. The van der Waals surface area contributed by atoms with Crippen molar-refractivity contribution in [1.29, 1.82) is 0 Å². The van der Waals surface area contributed by atoms with E-state index < -0.39 is 35.9 Å². The Morgan fingerprint density at radius 1 is 1.19 bits per heavy atom. The van der Waals surface area contributed by atoms with Crippen molar-refractivity contribution < 1.29 is 26.4 Å². The lowest BCUT2D eigenvalue weighted by molar-refractivity contribution is 0.155. The minimum absolute atomic E-state index is 0.0123. The summed E-state index contributed by atoms with van der Waals surface area (Å²) in [5.74, 6) is 0. The maximum absolute atomic E-state index is 11.8. The number of halogens is 1. The van der Waals surface area contributed by atoms with E-state index in [2.05, 4.69) is 10.3 Å². The van der Waals surface area contributed by atoms with Crippen molar-refractivity contribution in [2.24, 2.45) is 0 Å². The van der Waals surface area contributed by atoms with Gasteiger partial charge in [-0.3, -0.25) is 10.0 Å². The second-order valence-corrected chi connectivity index (χ2v) is 9.31. The zero-order valence-corrected chi connectivity index (χ0v) is 15.7. The fourth-order valence-corrected chi connectivity index (χ4v) is 3.40. The van der Waals surface area contributed by atoms with Crippen LogP contribution in [0.25, 0.3) is 0 Å². The molecule has 2 aromatic rings. The Bertz CT molecular complexity index is 1010. The van der Waals surface area contributed by atoms with E-state index >= 15 is 0 Å². The van der Waals surface area contributed by atoms with Gasteiger partial charge < -0.3 is 4.74 Å². The highest BCUT2D eigenvalue weighted by Crippen LogP contribution is 2.26.